The van der Waals surface area contributed by atoms with Crippen LogP contribution in [-0.4, -0.2) is 97.4 Å². The summed E-state index contributed by atoms with van der Waals surface area (Å²) >= 11 is 0. The number of likely N-dealkylation sites (tertiary alicyclic amines) is 1. The summed E-state index contributed by atoms with van der Waals surface area (Å²) < 4.78 is 31.5. The van der Waals surface area contributed by atoms with Crippen LogP contribution in [0.15, 0.2) is 12.7 Å². The Kier molecular flexibility index (Phi) is 11.4. The van der Waals surface area contributed by atoms with Crippen LogP contribution in [0, 0.1) is 22.7 Å². The van der Waals surface area contributed by atoms with Crippen molar-refractivity contribution in [2.45, 2.75) is 122 Å². The third kappa shape index (κ3) is 7.74. The van der Waals surface area contributed by atoms with Gasteiger partial charge in [-0.1, -0.05) is 79.7 Å². The molecule has 4 fully saturated rings. The fraction of sp³-hybridized carbons (Fsp3) is 0.794. The molecule has 0 radical (unpaired) electrons. The fourth-order valence-corrected chi connectivity index (χ4v) is 9.78. The normalized spacial score (nSPS) is 27.9. The molecule has 13 nitrogen and oxygen atoms in total. The van der Waals surface area contributed by atoms with Crippen LogP contribution in [0.5, 0.6) is 0 Å². The molecule has 0 spiro atoms. The minimum Gasteiger partial charge on any atom is -0.359 e. The Morgan fingerprint density at radius 1 is 1.06 bits per heavy atom. The highest BCUT2D eigenvalue weighted by molar-refractivity contribution is 7.92. The second-order valence-electron chi connectivity index (χ2n) is 15.6. The van der Waals surface area contributed by atoms with Gasteiger partial charge in [0.25, 0.3) is 5.91 Å². The standard InChI is InChI=1S/C34H55N5O8S/c1-8-10-14-22(25(40)28(42)35-17-9-2)36-27(41)24-23-21(33(23,6)7)20-39(24)29(43)26(32(3,4)5)37-31(44)38-34(15-12-11-13-16-34)30-47-18-19-48(30,45)46/h9,21-24,26,30H,2,8,10-20H2,1,3-7H3,(H,35,42)(H,36,41)(H2,37,38,44)/t21-,22-,23-,24-,26+,30?/m0/s1. The number of carbonyl (C=O) groups is 5. The minimum atomic E-state index is -3.58. The molecule has 0 aromatic heterocycles. The first kappa shape index (κ1) is 37.8. The Labute approximate surface area is 285 Å². The number of amides is 5. The molecule has 2 aliphatic heterocycles. The Morgan fingerprint density at radius 3 is 2.29 bits per heavy atom. The molecule has 4 rings (SSSR count). The third-order valence-electron chi connectivity index (χ3n) is 10.8. The molecule has 5 amide bonds. The van der Waals surface area contributed by atoms with Crippen molar-refractivity contribution < 1.29 is 37.1 Å². The van der Waals surface area contributed by atoms with E-state index in [9.17, 15) is 32.4 Å². The van der Waals surface area contributed by atoms with Gasteiger partial charge in [0.2, 0.25) is 17.6 Å². The highest BCUT2D eigenvalue weighted by Crippen LogP contribution is 2.65. The van der Waals surface area contributed by atoms with Gasteiger partial charge in [-0.25, -0.2) is 13.2 Å². The molecule has 0 aromatic carbocycles. The summed E-state index contributed by atoms with van der Waals surface area (Å²) in [5, 5.41) is 11.1. The Balaban J connectivity index is 1.55. The van der Waals surface area contributed by atoms with E-state index in [0.29, 0.717) is 25.8 Å². The Hall–Kier alpha value is -3.00. The van der Waals surface area contributed by atoms with E-state index in [1.807, 2.05) is 41.5 Å². The SMILES string of the molecule is C=CCNC(=O)C(=O)[C@H](CCCC)NC(=O)[C@@H]1[C@@H]2[C@H](CN1C(=O)[C@@H](NC(=O)NC1(C3OCCS3(=O)=O)CCCCC1)C(C)(C)C)C2(C)C. The molecule has 2 heterocycles. The zero-order valence-corrected chi connectivity index (χ0v) is 30.2. The van der Waals surface area contributed by atoms with E-state index in [1.165, 1.54) is 11.0 Å². The zero-order chi connectivity index (χ0) is 35.7. The van der Waals surface area contributed by atoms with Gasteiger partial charge in [0, 0.05) is 13.1 Å². The highest BCUT2D eigenvalue weighted by Gasteiger charge is 2.70. The number of fused-ring (bicyclic) bond motifs is 1. The van der Waals surface area contributed by atoms with Gasteiger partial charge in [-0.3, -0.25) is 19.2 Å². The van der Waals surface area contributed by atoms with Gasteiger partial charge in [-0.15, -0.1) is 6.58 Å². The van der Waals surface area contributed by atoms with Crippen LogP contribution in [-0.2, 0) is 33.8 Å². The van der Waals surface area contributed by atoms with E-state index in [2.05, 4.69) is 27.8 Å². The van der Waals surface area contributed by atoms with Crippen LogP contribution in [0.25, 0.3) is 0 Å². The average molecular weight is 694 g/mol. The molecule has 48 heavy (non-hydrogen) atoms. The number of hydrogen-bond donors (Lipinski definition) is 4. The van der Waals surface area contributed by atoms with E-state index < -0.39 is 73.9 Å². The summed E-state index contributed by atoms with van der Waals surface area (Å²) in [5.74, 6) is -2.73. The predicted molar refractivity (Wildman–Crippen MR) is 180 cm³/mol. The number of ether oxygens (including phenoxy) is 1. The number of Topliss-reactive ketones (excluding diaryl/α,β-unsaturated/α-hetero) is 1. The van der Waals surface area contributed by atoms with Gasteiger partial charge in [0.15, 0.2) is 15.3 Å². The second kappa shape index (κ2) is 14.5. The molecule has 0 aromatic rings. The predicted octanol–water partition coefficient (Wildman–Crippen LogP) is 2.20. The van der Waals surface area contributed by atoms with Crippen molar-refractivity contribution in [1.82, 2.24) is 26.2 Å². The smallest absolute Gasteiger partial charge is 0.316 e. The van der Waals surface area contributed by atoms with Crippen molar-refractivity contribution in [2.75, 3.05) is 25.4 Å². The minimum absolute atomic E-state index is 0.0440. The fourth-order valence-electron chi connectivity index (χ4n) is 7.95. The number of nitrogens with one attached hydrogen (secondary N) is 4. The first-order valence-corrected chi connectivity index (χ1v) is 19.1. The van der Waals surface area contributed by atoms with Crippen molar-refractivity contribution in [3.63, 3.8) is 0 Å². The molecule has 2 saturated carbocycles. The number of hydrogen-bond acceptors (Lipinski definition) is 8. The zero-order valence-electron chi connectivity index (χ0n) is 29.4. The first-order chi connectivity index (χ1) is 22.4. The number of unbranched alkanes of at least 4 members (excludes halogenated alkanes) is 1. The van der Waals surface area contributed by atoms with Crippen LogP contribution in [0.2, 0.25) is 0 Å². The van der Waals surface area contributed by atoms with E-state index in [0.717, 1.165) is 25.7 Å². The lowest BCUT2D eigenvalue weighted by Crippen LogP contribution is -2.65. The molecule has 1 unspecified atom stereocenters. The number of urea groups is 1. The van der Waals surface area contributed by atoms with Crippen LogP contribution in [0.4, 0.5) is 4.79 Å². The topological polar surface area (TPSA) is 180 Å². The number of carbonyl (C=O) groups excluding carboxylic acids is 5. The van der Waals surface area contributed by atoms with Crippen molar-refractivity contribution in [2.24, 2.45) is 22.7 Å². The van der Waals surface area contributed by atoms with Gasteiger partial charge < -0.3 is 30.9 Å². The van der Waals surface area contributed by atoms with Gasteiger partial charge in [0.1, 0.15) is 12.1 Å². The average Bonchev–Trinajstić information content (AvgIpc) is 3.33. The lowest BCUT2D eigenvalue weighted by atomic mass is 9.82. The van der Waals surface area contributed by atoms with E-state index in [1.54, 1.807) is 0 Å². The lowest BCUT2D eigenvalue weighted by molar-refractivity contribution is -0.145. The van der Waals surface area contributed by atoms with Crippen LogP contribution < -0.4 is 21.3 Å². The molecule has 0 bridgehead atoms. The molecule has 14 heteroatoms. The Morgan fingerprint density at radius 2 is 1.73 bits per heavy atom. The van der Waals surface area contributed by atoms with Gasteiger partial charge in [-0.2, -0.15) is 0 Å². The van der Waals surface area contributed by atoms with Crippen molar-refractivity contribution in [3.05, 3.63) is 12.7 Å². The lowest BCUT2D eigenvalue weighted by Gasteiger charge is -2.42. The summed E-state index contributed by atoms with van der Waals surface area (Å²) in [6, 6.07) is -3.68. The maximum absolute atomic E-state index is 14.4. The van der Waals surface area contributed by atoms with Crippen molar-refractivity contribution in [1.29, 1.82) is 0 Å². The summed E-state index contributed by atoms with van der Waals surface area (Å²) in [6.45, 7) is 15.5. The first-order valence-electron chi connectivity index (χ1n) is 17.4. The summed E-state index contributed by atoms with van der Waals surface area (Å²) in [4.78, 5) is 69.3. The van der Waals surface area contributed by atoms with Gasteiger partial charge >= 0.3 is 6.03 Å². The molecule has 2 aliphatic carbocycles. The summed E-state index contributed by atoms with van der Waals surface area (Å²) in [6.07, 6.45) is 6.36. The Bertz CT molecular complexity index is 1380. The monoisotopic (exact) mass is 693 g/mol. The van der Waals surface area contributed by atoms with Crippen molar-refractivity contribution >= 4 is 39.4 Å². The molecular weight excluding hydrogens is 638 g/mol. The van der Waals surface area contributed by atoms with Crippen LogP contribution in [0.3, 0.4) is 0 Å². The molecular formula is C34H55N5O8S. The maximum Gasteiger partial charge on any atom is 0.316 e. The molecule has 6 atom stereocenters. The quantitative estimate of drug-likeness (QED) is 0.167. The largest absolute Gasteiger partial charge is 0.359 e. The highest BCUT2D eigenvalue weighted by atomic mass is 32.2. The second-order valence-corrected chi connectivity index (χ2v) is 17.8. The number of sulfone groups is 1. The van der Waals surface area contributed by atoms with Gasteiger partial charge in [-0.05, 0) is 41.9 Å². The molecule has 270 valence electrons. The number of ketones is 1. The molecule has 2 saturated heterocycles. The van der Waals surface area contributed by atoms with E-state index >= 15 is 0 Å². The van der Waals surface area contributed by atoms with Crippen molar-refractivity contribution in [3.8, 4) is 0 Å². The summed E-state index contributed by atoms with van der Waals surface area (Å²) in [7, 11) is -3.58. The van der Waals surface area contributed by atoms with Crippen LogP contribution >= 0.6 is 0 Å². The molecule has 4 N–H and O–H groups in total. The summed E-state index contributed by atoms with van der Waals surface area (Å²) in [5.41, 5.74) is -3.26. The van der Waals surface area contributed by atoms with E-state index in [-0.39, 0.29) is 42.6 Å². The molecule has 4 aliphatic rings. The number of rotatable bonds is 13. The third-order valence-corrected chi connectivity index (χ3v) is 12.8. The van der Waals surface area contributed by atoms with Gasteiger partial charge in [0.05, 0.1) is 23.9 Å². The number of nitrogens with zero attached hydrogens (tertiary/aromatic N) is 1. The number of piperidine rings is 1. The maximum atomic E-state index is 14.4. The van der Waals surface area contributed by atoms with Crippen LogP contribution in [0.1, 0.15) is 92.9 Å². The van der Waals surface area contributed by atoms with E-state index in [4.69, 9.17) is 4.74 Å².